The Kier molecular flexibility index (Phi) is 8.43. The van der Waals surface area contributed by atoms with Crippen LogP contribution in [0.4, 0.5) is 0 Å². The Hall–Kier alpha value is -2.97. The van der Waals surface area contributed by atoms with Crippen LogP contribution in [0.15, 0.2) is 47.6 Å². The fourth-order valence-electron chi connectivity index (χ4n) is 4.86. The van der Waals surface area contributed by atoms with E-state index in [0.29, 0.717) is 24.0 Å². The molecule has 1 aromatic carbocycles. The van der Waals surface area contributed by atoms with Crippen molar-refractivity contribution in [3.8, 4) is 17.6 Å². The van der Waals surface area contributed by atoms with Gasteiger partial charge in [-0.1, -0.05) is 18.8 Å². The molecule has 2 N–H and O–H groups in total. The molecule has 3 atom stereocenters. The van der Waals surface area contributed by atoms with Gasteiger partial charge in [-0.15, -0.1) is 0 Å². The molecule has 2 aliphatic rings. The third-order valence-corrected chi connectivity index (χ3v) is 9.27. The SMILES string of the molecule is C[C@H]1CN([C@@H](C)CO)S(=O)(=O)c2ccc(C#CC3(O)CCCC3)cc2O[C@@H]1CN(C)C(=O)c1cccnc1. The van der Waals surface area contributed by atoms with Gasteiger partial charge < -0.3 is 19.8 Å². The number of rotatable bonds is 5. The van der Waals surface area contributed by atoms with E-state index in [4.69, 9.17) is 4.74 Å². The number of sulfonamides is 1. The molecule has 0 unspecified atom stereocenters. The zero-order chi connectivity index (χ0) is 27.5. The average molecular weight is 542 g/mol. The van der Waals surface area contributed by atoms with Crippen LogP contribution in [0.25, 0.3) is 0 Å². The molecule has 1 fully saturated rings. The van der Waals surface area contributed by atoms with Gasteiger partial charge in [0.05, 0.1) is 18.7 Å². The Morgan fingerprint density at radius 3 is 2.71 bits per heavy atom. The van der Waals surface area contributed by atoms with E-state index in [2.05, 4.69) is 16.8 Å². The molecule has 0 bridgehead atoms. The van der Waals surface area contributed by atoms with Crippen LogP contribution < -0.4 is 4.74 Å². The summed E-state index contributed by atoms with van der Waals surface area (Å²) in [6, 6.07) is 7.36. The highest BCUT2D eigenvalue weighted by Gasteiger charge is 2.38. The van der Waals surface area contributed by atoms with Gasteiger partial charge in [-0.2, -0.15) is 4.31 Å². The molecule has 0 saturated heterocycles. The van der Waals surface area contributed by atoms with Crippen LogP contribution in [0.5, 0.6) is 5.75 Å². The second-order valence-corrected chi connectivity index (χ2v) is 12.2. The highest BCUT2D eigenvalue weighted by Crippen LogP contribution is 2.34. The summed E-state index contributed by atoms with van der Waals surface area (Å²) >= 11 is 0. The molecule has 38 heavy (non-hydrogen) atoms. The Morgan fingerprint density at radius 1 is 1.32 bits per heavy atom. The van der Waals surface area contributed by atoms with E-state index in [9.17, 15) is 23.4 Å². The second-order valence-electron chi connectivity index (χ2n) is 10.3. The van der Waals surface area contributed by atoms with Crippen LogP contribution in [0.3, 0.4) is 0 Å². The van der Waals surface area contributed by atoms with Crippen molar-refractivity contribution in [3.63, 3.8) is 0 Å². The number of aliphatic hydroxyl groups is 2. The van der Waals surface area contributed by atoms with Gasteiger partial charge >= 0.3 is 0 Å². The quantitative estimate of drug-likeness (QED) is 0.557. The van der Waals surface area contributed by atoms with E-state index in [1.54, 1.807) is 44.4 Å². The number of pyridine rings is 1. The molecule has 10 heteroatoms. The molecule has 1 aromatic heterocycles. The minimum absolute atomic E-state index is 0.0268. The number of aliphatic hydroxyl groups excluding tert-OH is 1. The summed E-state index contributed by atoms with van der Waals surface area (Å²) in [5, 5.41) is 20.5. The molecule has 1 saturated carbocycles. The van der Waals surface area contributed by atoms with E-state index in [1.165, 1.54) is 21.5 Å². The Balaban J connectivity index is 1.71. The first-order valence-corrected chi connectivity index (χ1v) is 14.3. The third kappa shape index (κ3) is 6.02. The first kappa shape index (κ1) is 28.0. The van der Waals surface area contributed by atoms with Crippen molar-refractivity contribution in [2.24, 2.45) is 5.92 Å². The van der Waals surface area contributed by atoms with Gasteiger partial charge in [-0.05, 0) is 62.9 Å². The summed E-state index contributed by atoms with van der Waals surface area (Å²) in [6.45, 7) is 3.49. The van der Waals surface area contributed by atoms with Crippen molar-refractivity contribution in [3.05, 3.63) is 53.9 Å². The van der Waals surface area contributed by atoms with Gasteiger partial charge in [0.15, 0.2) is 0 Å². The minimum atomic E-state index is -4.00. The monoisotopic (exact) mass is 541 g/mol. The maximum atomic E-state index is 13.7. The van der Waals surface area contributed by atoms with Gasteiger partial charge in [-0.25, -0.2) is 8.42 Å². The lowest BCUT2D eigenvalue weighted by Gasteiger charge is -2.37. The van der Waals surface area contributed by atoms with Crippen LogP contribution in [0.1, 0.15) is 55.5 Å². The second kappa shape index (κ2) is 11.4. The fraction of sp³-hybridized carbons (Fsp3) is 0.500. The Labute approximate surface area is 224 Å². The van der Waals surface area contributed by atoms with Crippen molar-refractivity contribution in [2.75, 3.05) is 26.7 Å². The number of carbonyl (C=O) groups excluding carboxylic acids is 1. The van der Waals surface area contributed by atoms with Crippen LogP contribution >= 0.6 is 0 Å². The van der Waals surface area contributed by atoms with Crippen LogP contribution in [-0.2, 0) is 10.0 Å². The van der Waals surface area contributed by atoms with E-state index in [0.717, 1.165) is 12.8 Å². The van der Waals surface area contributed by atoms with Crippen molar-refractivity contribution >= 4 is 15.9 Å². The number of amides is 1. The Bertz CT molecular complexity index is 1320. The third-order valence-electron chi connectivity index (χ3n) is 7.25. The van der Waals surface area contributed by atoms with E-state index in [-0.39, 0.29) is 42.2 Å². The van der Waals surface area contributed by atoms with Gasteiger partial charge in [0.25, 0.3) is 5.91 Å². The number of ether oxygens (including phenoxy) is 1. The standard InChI is InChI=1S/C28H35N3O6S/c1-20-17-31(21(2)19-32)38(35,36)26-9-8-22(10-13-28(34)11-4-5-12-28)15-24(26)37-25(20)18-30(3)27(33)23-7-6-14-29-16-23/h6-9,14-16,20-21,25,32,34H,4-5,11-12,17-19H2,1-3H3/t20-,21-,25+/m0/s1. The predicted molar refractivity (Wildman–Crippen MR) is 142 cm³/mol. The smallest absolute Gasteiger partial charge is 0.255 e. The summed E-state index contributed by atoms with van der Waals surface area (Å²) in [4.78, 5) is 18.5. The molecule has 1 amide bonds. The van der Waals surface area contributed by atoms with Crippen molar-refractivity contribution in [1.29, 1.82) is 0 Å². The number of benzene rings is 1. The van der Waals surface area contributed by atoms with Crippen molar-refractivity contribution in [1.82, 2.24) is 14.2 Å². The number of likely N-dealkylation sites (N-methyl/N-ethyl adjacent to an activating group) is 1. The number of carbonyl (C=O) groups is 1. The molecule has 0 radical (unpaired) electrons. The molecular weight excluding hydrogens is 506 g/mol. The maximum Gasteiger partial charge on any atom is 0.255 e. The fourth-order valence-corrected chi connectivity index (χ4v) is 6.68. The van der Waals surface area contributed by atoms with Gasteiger partial charge in [-0.3, -0.25) is 9.78 Å². The van der Waals surface area contributed by atoms with Gasteiger partial charge in [0.1, 0.15) is 22.4 Å². The molecule has 2 aromatic rings. The molecule has 1 aliphatic carbocycles. The van der Waals surface area contributed by atoms with E-state index < -0.39 is 27.8 Å². The molecular formula is C28H35N3O6S. The lowest BCUT2D eigenvalue weighted by molar-refractivity contribution is 0.0563. The molecule has 2 heterocycles. The summed E-state index contributed by atoms with van der Waals surface area (Å²) in [5.41, 5.74) is -0.0704. The average Bonchev–Trinajstić information content (AvgIpc) is 3.35. The predicted octanol–water partition coefficient (Wildman–Crippen LogP) is 2.28. The molecule has 9 nitrogen and oxygen atoms in total. The largest absolute Gasteiger partial charge is 0.487 e. The first-order chi connectivity index (χ1) is 18.0. The topological polar surface area (TPSA) is 120 Å². The number of hydrogen-bond donors (Lipinski definition) is 2. The molecule has 4 rings (SSSR count). The summed E-state index contributed by atoms with van der Waals surface area (Å²) in [7, 11) is -2.33. The normalized spacial score (nSPS) is 23.1. The molecule has 204 valence electrons. The lowest BCUT2D eigenvalue weighted by atomic mass is 10.0. The molecule has 1 aliphatic heterocycles. The zero-order valence-electron chi connectivity index (χ0n) is 22.0. The summed E-state index contributed by atoms with van der Waals surface area (Å²) in [5.74, 6) is 5.53. The van der Waals surface area contributed by atoms with Gasteiger partial charge in [0, 0.05) is 43.5 Å². The highest BCUT2D eigenvalue weighted by atomic mass is 32.2. The minimum Gasteiger partial charge on any atom is -0.487 e. The van der Waals surface area contributed by atoms with Gasteiger partial charge in [0.2, 0.25) is 10.0 Å². The lowest BCUT2D eigenvalue weighted by Crippen LogP contribution is -2.50. The Morgan fingerprint density at radius 2 is 2.05 bits per heavy atom. The highest BCUT2D eigenvalue weighted by molar-refractivity contribution is 7.89. The van der Waals surface area contributed by atoms with E-state index >= 15 is 0 Å². The number of fused-ring (bicyclic) bond motifs is 1. The molecule has 0 spiro atoms. The number of hydrogen-bond acceptors (Lipinski definition) is 7. The number of nitrogens with zero attached hydrogens (tertiary/aromatic N) is 3. The summed E-state index contributed by atoms with van der Waals surface area (Å²) < 4.78 is 34.9. The van der Waals surface area contributed by atoms with E-state index in [1.807, 2.05) is 6.92 Å². The van der Waals surface area contributed by atoms with Crippen molar-refractivity contribution < 1.29 is 28.2 Å². The summed E-state index contributed by atoms with van der Waals surface area (Å²) in [6.07, 6.45) is 5.60. The maximum absolute atomic E-state index is 13.7. The first-order valence-electron chi connectivity index (χ1n) is 12.9. The van der Waals surface area contributed by atoms with Crippen LogP contribution in [0.2, 0.25) is 0 Å². The van der Waals surface area contributed by atoms with Crippen molar-refractivity contribution in [2.45, 2.75) is 62.2 Å². The number of aromatic nitrogens is 1. The van der Waals surface area contributed by atoms with Crippen LogP contribution in [0, 0.1) is 17.8 Å². The van der Waals surface area contributed by atoms with Crippen LogP contribution in [-0.4, -0.2) is 83.2 Å². The zero-order valence-corrected chi connectivity index (χ0v) is 22.8.